The minimum atomic E-state index is -0.765. The largest absolute Gasteiger partial charge is 0.503 e. The Morgan fingerprint density at radius 1 is 1.03 bits per heavy atom. The number of hydrogen-bond donors (Lipinski definition) is 1. The number of amides is 1. The van der Waals surface area contributed by atoms with Gasteiger partial charge in [-0.3, -0.25) is 19.5 Å². The van der Waals surface area contributed by atoms with Crippen molar-refractivity contribution >= 4 is 17.4 Å². The van der Waals surface area contributed by atoms with Crippen LogP contribution < -0.4 is 4.90 Å². The molecule has 0 aliphatic carbocycles. The molecule has 5 nitrogen and oxygen atoms in total. The van der Waals surface area contributed by atoms with Gasteiger partial charge in [-0.1, -0.05) is 54.1 Å². The average molecular weight is 412 g/mol. The summed E-state index contributed by atoms with van der Waals surface area (Å²) in [5.41, 5.74) is 4.30. The number of benzene rings is 2. The summed E-state index contributed by atoms with van der Waals surface area (Å²) in [6.07, 6.45) is 2.35. The molecule has 0 saturated heterocycles. The Balaban J connectivity index is 1.74. The Bertz CT molecular complexity index is 1150. The number of Topliss-reactive ketones (excluding diaryl/α,β-unsaturated/α-hetero) is 1. The predicted octanol–water partition coefficient (Wildman–Crippen LogP) is 4.80. The van der Waals surface area contributed by atoms with Crippen LogP contribution in [-0.2, 0) is 16.0 Å². The summed E-state index contributed by atoms with van der Waals surface area (Å²) in [5, 5.41) is 10.8. The summed E-state index contributed by atoms with van der Waals surface area (Å²) < 4.78 is 0. The number of aliphatic hydroxyl groups is 1. The van der Waals surface area contributed by atoms with Gasteiger partial charge in [-0.2, -0.15) is 0 Å². The number of pyridine rings is 1. The fourth-order valence-corrected chi connectivity index (χ4v) is 4.07. The zero-order valence-electron chi connectivity index (χ0n) is 17.6. The number of carbonyl (C=O) groups is 2. The topological polar surface area (TPSA) is 70.5 Å². The van der Waals surface area contributed by atoms with Gasteiger partial charge in [0.25, 0.3) is 5.91 Å². The molecule has 156 valence electrons. The Labute approximate surface area is 181 Å². The molecule has 0 fully saturated rings. The highest BCUT2D eigenvalue weighted by Gasteiger charge is 2.45. The molecule has 1 amide bonds. The van der Waals surface area contributed by atoms with E-state index in [1.165, 1.54) is 4.90 Å². The molecule has 0 saturated carbocycles. The van der Waals surface area contributed by atoms with E-state index in [0.29, 0.717) is 17.8 Å². The second-order valence-corrected chi connectivity index (χ2v) is 7.79. The third kappa shape index (κ3) is 3.99. The molecule has 0 bridgehead atoms. The Morgan fingerprint density at radius 2 is 1.77 bits per heavy atom. The Morgan fingerprint density at radius 3 is 2.45 bits per heavy atom. The predicted molar refractivity (Wildman–Crippen MR) is 120 cm³/mol. The van der Waals surface area contributed by atoms with Crippen LogP contribution in [-0.4, -0.2) is 21.8 Å². The molecule has 1 aliphatic heterocycles. The van der Waals surface area contributed by atoms with Crippen LogP contribution in [0.1, 0.15) is 34.8 Å². The highest BCUT2D eigenvalue weighted by atomic mass is 16.3. The van der Waals surface area contributed by atoms with E-state index in [-0.39, 0.29) is 17.8 Å². The second kappa shape index (κ2) is 8.56. The van der Waals surface area contributed by atoms with Crippen molar-refractivity contribution < 1.29 is 14.7 Å². The molecule has 1 aromatic heterocycles. The van der Waals surface area contributed by atoms with E-state index in [0.717, 1.165) is 16.7 Å². The highest BCUT2D eigenvalue weighted by molar-refractivity contribution is 6.16. The quantitative estimate of drug-likeness (QED) is 0.631. The first-order chi connectivity index (χ1) is 15.0. The summed E-state index contributed by atoms with van der Waals surface area (Å²) in [6.45, 7) is 3.89. The molecule has 0 spiro atoms. The van der Waals surface area contributed by atoms with Gasteiger partial charge in [-0.15, -0.1) is 0 Å². The molecule has 1 aliphatic rings. The summed E-state index contributed by atoms with van der Waals surface area (Å²) in [4.78, 5) is 32.3. The smallest absolute Gasteiger partial charge is 0.294 e. The molecular formula is C26H24N2O3. The van der Waals surface area contributed by atoms with Gasteiger partial charge in [0, 0.05) is 18.3 Å². The zero-order chi connectivity index (χ0) is 22.0. The van der Waals surface area contributed by atoms with Crippen LogP contribution in [0.4, 0.5) is 5.69 Å². The van der Waals surface area contributed by atoms with Crippen molar-refractivity contribution in [3.63, 3.8) is 0 Å². The van der Waals surface area contributed by atoms with E-state index in [9.17, 15) is 14.7 Å². The molecule has 1 atom stereocenters. The fraction of sp³-hybridized carbons (Fsp3) is 0.192. The summed E-state index contributed by atoms with van der Waals surface area (Å²) in [7, 11) is 0. The first kappa shape index (κ1) is 20.5. The molecule has 1 unspecified atom stereocenters. The van der Waals surface area contributed by atoms with Crippen molar-refractivity contribution in [2.75, 3.05) is 4.90 Å². The molecule has 31 heavy (non-hydrogen) atoms. The van der Waals surface area contributed by atoms with Gasteiger partial charge in [-0.05, 0) is 49.6 Å². The number of rotatable bonds is 6. The molecule has 5 heteroatoms. The van der Waals surface area contributed by atoms with Crippen LogP contribution in [0.15, 0.2) is 84.3 Å². The number of anilines is 1. The zero-order valence-corrected chi connectivity index (χ0v) is 17.6. The minimum Gasteiger partial charge on any atom is -0.503 e. The summed E-state index contributed by atoms with van der Waals surface area (Å²) >= 11 is 0. The van der Waals surface area contributed by atoms with Crippen LogP contribution in [0.5, 0.6) is 0 Å². The Kier molecular flexibility index (Phi) is 5.67. The standard InChI is InChI=1S/C26H24N2O3/c1-17-11-13-21(18(2)16-17)28-24(20-10-6-7-15-27-20)23(25(30)26(28)31)22(29)14-12-19-8-4-3-5-9-19/h3-11,13,15-16,24,30H,12,14H2,1-2H3. The molecule has 2 aromatic carbocycles. The summed E-state index contributed by atoms with van der Waals surface area (Å²) in [6, 6.07) is 20.0. The SMILES string of the molecule is Cc1ccc(N2C(=O)C(O)=C(C(=O)CCc3ccccc3)C2c2ccccn2)c(C)c1. The molecule has 1 N–H and O–H groups in total. The molecule has 4 rings (SSSR count). The van der Waals surface area contributed by atoms with Crippen molar-refractivity contribution in [2.45, 2.75) is 32.7 Å². The van der Waals surface area contributed by atoms with Gasteiger partial charge in [0.1, 0.15) is 6.04 Å². The Hall–Kier alpha value is -3.73. The number of aliphatic hydroxyl groups excluding tert-OH is 1. The lowest BCUT2D eigenvalue weighted by Crippen LogP contribution is -2.32. The average Bonchev–Trinajstić information content (AvgIpc) is 3.04. The van der Waals surface area contributed by atoms with Crippen molar-refractivity contribution in [2.24, 2.45) is 0 Å². The monoisotopic (exact) mass is 412 g/mol. The number of ketones is 1. The first-order valence-corrected chi connectivity index (χ1v) is 10.3. The third-order valence-electron chi connectivity index (χ3n) is 5.57. The lowest BCUT2D eigenvalue weighted by Gasteiger charge is -2.27. The van der Waals surface area contributed by atoms with Crippen LogP contribution in [0.25, 0.3) is 0 Å². The van der Waals surface area contributed by atoms with Gasteiger partial charge < -0.3 is 5.11 Å². The van der Waals surface area contributed by atoms with Gasteiger partial charge in [0.05, 0.1) is 11.3 Å². The minimum absolute atomic E-state index is 0.111. The number of aryl methyl sites for hydroxylation is 3. The van der Waals surface area contributed by atoms with Crippen molar-refractivity contribution in [3.8, 4) is 0 Å². The first-order valence-electron chi connectivity index (χ1n) is 10.3. The van der Waals surface area contributed by atoms with Gasteiger partial charge in [0.15, 0.2) is 11.5 Å². The van der Waals surface area contributed by atoms with Crippen LogP contribution in [0.3, 0.4) is 0 Å². The fourth-order valence-electron chi connectivity index (χ4n) is 4.07. The van der Waals surface area contributed by atoms with Crippen molar-refractivity contribution in [3.05, 3.63) is 107 Å². The number of aromatic nitrogens is 1. The van der Waals surface area contributed by atoms with Gasteiger partial charge >= 0.3 is 0 Å². The van der Waals surface area contributed by atoms with Crippen LogP contribution >= 0.6 is 0 Å². The third-order valence-corrected chi connectivity index (χ3v) is 5.57. The number of carbonyl (C=O) groups excluding carboxylic acids is 2. The van der Waals surface area contributed by atoms with Crippen LogP contribution in [0, 0.1) is 13.8 Å². The van der Waals surface area contributed by atoms with E-state index in [1.807, 2.05) is 68.4 Å². The van der Waals surface area contributed by atoms with Crippen molar-refractivity contribution in [1.29, 1.82) is 0 Å². The van der Waals surface area contributed by atoms with Crippen molar-refractivity contribution in [1.82, 2.24) is 4.98 Å². The van der Waals surface area contributed by atoms with E-state index in [2.05, 4.69) is 4.98 Å². The number of hydrogen-bond acceptors (Lipinski definition) is 4. The van der Waals surface area contributed by atoms with E-state index < -0.39 is 17.7 Å². The number of nitrogens with zero attached hydrogens (tertiary/aromatic N) is 2. The van der Waals surface area contributed by atoms with Gasteiger partial charge in [0.2, 0.25) is 0 Å². The lowest BCUT2D eigenvalue weighted by atomic mass is 9.95. The summed E-state index contributed by atoms with van der Waals surface area (Å²) in [5.74, 6) is -1.32. The maximum absolute atomic E-state index is 13.2. The molecule has 0 radical (unpaired) electrons. The second-order valence-electron chi connectivity index (χ2n) is 7.79. The molecule has 3 aromatic rings. The van der Waals surface area contributed by atoms with E-state index >= 15 is 0 Å². The normalized spacial score (nSPS) is 16.1. The van der Waals surface area contributed by atoms with Crippen LogP contribution in [0.2, 0.25) is 0 Å². The van der Waals surface area contributed by atoms with Gasteiger partial charge in [-0.25, -0.2) is 0 Å². The molecular weight excluding hydrogens is 388 g/mol. The van der Waals surface area contributed by atoms with E-state index in [4.69, 9.17) is 0 Å². The maximum atomic E-state index is 13.2. The lowest BCUT2D eigenvalue weighted by molar-refractivity contribution is -0.118. The van der Waals surface area contributed by atoms with E-state index in [1.54, 1.807) is 18.3 Å². The molecule has 2 heterocycles. The maximum Gasteiger partial charge on any atom is 0.294 e. The highest BCUT2D eigenvalue weighted by Crippen LogP contribution is 2.41.